The summed E-state index contributed by atoms with van der Waals surface area (Å²) in [6, 6.07) is 7.59. The smallest absolute Gasteiger partial charge is 0.326 e. The van der Waals surface area contributed by atoms with Crippen LogP contribution in [0.4, 0.5) is 10.5 Å². The average Bonchev–Trinajstić information content (AvgIpc) is 2.76. The molecule has 1 saturated heterocycles. The van der Waals surface area contributed by atoms with Crippen molar-refractivity contribution in [1.29, 1.82) is 0 Å². The first kappa shape index (κ1) is 17.1. The van der Waals surface area contributed by atoms with E-state index in [4.69, 9.17) is 4.74 Å². The van der Waals surface area contributed by atoms with Crippen LogP contribution in [0, 0.1) is 0 Å². The molecule has 23 heavy (non-hydrogen) atoms. The van der Waals surface area contributed by atoms with Crippen molar-refractivity contribution >= 4 is 40.6 Å². The molecule has 1 aliphatic rings. The van der Waals surface area contributed by atoms with Crippen molar-refractivity contribution in [2.45, 2.75) is 6.92 Å². The van der Waals surface area contributed by atoms with E-state index in [2.05, 4.69) is 0 Å². The molecule has 0 spiro atoms. The number of imide groups is 1. The monoisotopic (exact) mass is 334 g/mol. The maximum Gasteiger partial charge on any atom is 0.326 e. The second-order valence-electron chi connectivity index (χ2n) is 5.06. The van der Waals surface area contributed by atoms with Gasteiger partial charge in [0.1, 0.15) is 6.54 Å². The maximum atomic E-state index is 12.2. The summed E-state index contributed by atoms with van der Waals surface area (Å²) < 4.78 is 4.77. The van der Waals surface area contributed by atoms with E-state index in [1.165, 1.54) is 0 Å². The van der Waals surface area contributed by atoms with Crippen LogP contribution < -0.4 is 4.90 Å². The van der Waals surface area contributed by atoms with Gasteiger partial charge in [0.05, 0.1) is 11.5 Å². The van der Waals surface area contributed by atoms with E-state index in [-0.39, 0.29) is 13.2 Å². The molecule has 2 rings (SSSR count). The Morgan fingerprint density at radius 3 is 2.48 bits per heavy atom. The van der Waals surface area contributed by atoms with Crippen LogP contribution in [0.5, 0.6) is 0 Å². The van der Waals surface area contributed by atoms with Crippen LogP contribution in [0.1, 0.15) is 12.5 Å². The van der Waals surface area contributed by atoms with Gasteiger partial charge in [0.25, 0.3) is 11.1 Å². The lowest BCUT2D eigenvalue weighted by Crippen LogP contribution is -2.34. The number of thioether (sulfide) groups is 1. The molecule has 122 valence electrons. The van der Waals surface area contributed by atoms with Crippen molar-refractivity contribution in [3.63, 3.8) is 0 Å². The van der Waals surface area contributed by atoms with Gasteiger partial charge in [-0.15, -0.1) is 0 Å². The number of amides is 2. The number of carbonyl (C=O) groups excluding carboxylic acids is 3. The molecule has 1 aromatic rings. The SMILES string of the molecule is CCOC(=O)CN1C(=O)S/C(=C/c2ccc(N(C)C)cc2)C1=O. The molecule has 0 atom stereocenters. The van der Waals surface area contributed by atoms with Gasteiger partial charge >= 0.3 is 5.97 Å². The largest absolute Gasteiger partial charge is 0.465 e. The fourth-order valence-electron chi connectivity index (χ4n) is 1.99. The Labute approximate surface area is 139 Å². The summed E-state index contributed by atoms with van der Waals surface area (Å²) in [5, 5.41) is -0.459. The lowest BCUT2D eigenvalue weighted by Gasteiger charge is -2.12. The summed E-state index contributed by atoms with van der Waals surface area (Å²) in [5.74, 6) is -1.06. The minimum absolute atomic E-state index is 0.211. The van der Waals surface area contributed by atoms with E-state index in [0.29, 0.717) is 4.91 Å². The normalized spacial score (nSPS) is 16.1. The van der Waals surface area contributed by atoms with E-state index >= 15 is 0 Å². The highest BCUT2D eigenvalue weighted by molar-refractivity contribution is 8.18. The van der Waals surface area contributed by atoms with E-state index < -0.39 is 17.1 Å². The molecule has 0 aromatic heterocycles. The van der Waals surface area contributed by atoms with Crippen molar-refractivity contribution < 1.29 is 19.1 Å². The molecule has 1 heterocycles. The zero-order chi connectivity index (χ0) is 17.0. The van der Waals surface area contributed by atoms with Crippen LogP contribution in [0.15, 0.2) is 29.2 Å². The average molecular weight is 334 g/mol. The third kappa shape index (κ3) is 4.13. The highest BCUT2D eigenvalue weighted by atomic mass is 32.2. The standard InChI is InChI=1S/C16H18N2O4S/c1-4-22-14(19)10-18-15(20)13(23-16(18)21)9-11-5-7-12(8-6-11)17(2)3/h5-9H,4,10H2,1-3H3/b13-9+. The van der Waals surface area contributed by atoms with Gasteiger partial charge in [-0.25, -0.2) is 0 Å². The Bertz CT molecular complexity index is 653. The number of hydrogen-bond acceptors (Lipinski definition) is 6. The lowest BCUT2D eigenvalue weighted by atomic mass is 10.2. The summed E-state index contributed by atoms with van der Waals surface area (Å²) >= 11 is 0.828. The third-order valence-electron chi connectivity index (χ3n) is 3.17. The molecule has 1 aliphatic heterocycles. The van der Waals surface area contributed by atoms with Gasteiger partial charge in [0.15, 0.2) is 0 Å². The molecule has 7 heteroatoms. The fourth-order valence-corrected chi connectivity index (χ4v) is 2.83. The van der Waals surface area contributed by atoms with Crippen LogP contribution in [-0.2, 0) is 14.3 Å². The van der Waals surface area contributed by atoms with Gasteiger partial charge in [-0.05, 0) is 42.5 Å². The number of rotatable bonds is 5. The van der Waals surface area contributed by atoms with E-state index in [9.17, 15) is 14.4 Å². The minimum atomic E-state index is -0.591. The van der Waals surface area contributed by atoms with Crippen LogP contribution in [0.3, 0.4) is 0 Å². The van der Waals surface area contributed by atoms with Gasteiger partial charge in [0, 0.05) is 19.8 Å². The van der Waals surface area contributed by atoms with Gasteiger partial charge in [-0.1, -0.05) is 12.1 Å². The van der Waals surface area contributed by atoms with Crippen molar-refractivity contribution in [3.8, 4) is 0 Å². The highest BCUT2D eigenvalue weighted by Gasteiger charge is 2.36. The molecule has 2 amide bonds. The summed E-state index contributed by atoms with van der Waals surface area (Å²) in [4.78, 5) is 38.7. The Morgan fingerprint density at radius 1 is 1.26 bits per heavy atom. The van der Waals surface area contributed by atoms with Crippen molar-refractivity contribution in [1.82, 2.24) is 4.90 Å². The fraction of sp³-hybridized carbons (Fsp3) is 0.312. The molecule has 0 N–H and O–H groups in total. The Kier molecular flexibility index (Phi) is 5.44. The van der Waals surface area contributed by atoms with Gasteiger partial charge in [-0.2, -0.15) is 0 Å². The number of esters is 1. The predicted molar refractivity (Wildman–Crippen MR) is 90.1 cm³/mol. The summed E-state index contributed by atoms with van der Waals surface area (Å²) in [5.41, 5.74) is 1.86. The zero-order valence-electron chi connectivity index (χ0n) is 13.2. The molecular weight excluding hydrogens is 316 g/mol. The second-order valence-corrected chi connectivity index (χ2v) is 6.05. The number of carbonyl (C=O) groups is 3. The van der Waals surface area contributed by atoms with Crippen molar-refractivity contribution in [2.24, 2.45) is 0 Å². The van der Waals surface area contributed by atoms with Crippen LogP contribution in [-0.4, -0.2) is 49.3 Å². The first-order valence-electron chi connectivity index (χ1n) is 7.10. The first-order chi connectivity index (χ1) is 10.9. The number of hydrogen-bond donors (Lipinski definition) is 0. The van der Waals surface area contributed by atoms with Crippen molar-refractivity contribution in [2.75, 3.05) is 32.1 Å². The molecule has 1 fully saturated rings. The quantitative estimate of drug-likeness (QED) is 0.608. The zero-order valence-corrected chi connectivity index (χ0v) is 14.1. The van der Waals surface area contributed by atoms with Gasteiger partial charge in [-0.3, -0.25) is 19.3 Å². The third-order valence-corrected chi connectivity index (χ3v) is 4.08. The Hall–Kier alpha value is -2.28. The summed E-state index contributed by atoms with van der Waals surface area (Å²) in [6.07, 6.45) is 1.65. The second kappa shape index (κ2) is 7.32. The first-order valence-corrected chi connectivity index (χ1v) is 7.92. The molecule has 0 bridgehead atoms. The number of anilines is 1. The topological polar surface area (TPSA) is 66.9 Å². The lowest BCUT2D eigenvalue weighted by molar-refractivity contribution is -0.145. The van der Waals surface area contributed by atoms with E-state index in [1.807, 2.05) is 43.3 Å². The maximum absolute atomic E-state index is 12.2. The summed E-state index contributed by atoms with van der Waals surface area (Å²) in [7, 11) is 3.88. The number of ether oxygens (including phenoxy) is 1. The molecule has 0 radical (unpaired) electrons. The molecule has 6 nitrogen and oxygen atoms in total. The highest BCUT2D eigenvalue weighted by Crippen LogP contribution is 2.32. The van der Waals surface area contributed by atoms with Crippen LogP contribution in [0.25, 0.3) is 6.08 Å². The molecule has 0 saturated carbocycles. The predicted octanol–water partition coefficient (Wildman–Crippen LogP) is 2.35. The molecule has 1 aromatic carbocycles. The molecule has 0 aliphatic carbocycles. The summed E-state index contributed by atoms with van der Waals surface area (Å²) in [6.45, 7) is 1.53. The van der Waals surface area contributed by atoms with E-state index in [1.54, 1.807) is 13.0 Å². The van der Waals surface area contributed by atoms with Gasteiger partial charge in [0.2, 0.25) is 0 Å². The molecule has 0 unspecified atom stereocenters. The van der Waals surface area contributed by atoms with Crippen LogP contribution in [0.2, 0.25) is 0 Å². The molecular formula is C16H18N2O4S. The van der Waals surface area contributed by atoms with E-state index in [0.717, 1.165) is 27.9 Å². The number of nitrogens with zero attached hydrogens (tertiary/aromatic N) is 2. The Morgan fingerprint density at radius 2 is 1.91 bits per heavy atom. The Balaban J connectivity index is 2.13. The van der Waals surface area contributed by atoms with Crippen molar-refractivity contribution in [3.05, 3.63) is 34.7 Å². The number of benzene rings is 1. The van der Waals surface area contributed by atoms with Gasteiger partial charge < -0.3 is 9.64 Å². The minimum Gasteiger partial charge on any atom is -0.465 e. The van der Waals surface area contributed by atoms with Crippen LogP contribution >= 0.6 is 11.8 Å².